The van der Waals surface area contributed by atoms with Gasteiger partial charge in [0.05, 0.1) is 0 Å². The van der Waals surface area contributed by atoms with E-state index in [1.54, 1.807) is 11.1 Å². The highest BCUT2D eigenvalue weighted by molar-refractivity contribution is 5.82. The normalized spacial score (nSPS) is 43.5. The third kappa shape index (κ3) is 3.33. The number of hydrogen-bond donors (Lipinski definition) is 0. The van der Waals surface area contributed by atoms with Gasteiger partial charge in [-0.1, -0.05) is 59.6 Å². The Morgan fingerprint density at radius 3 is 2.35 bits per heavy atom. The number of carbonyl (C=O) groups excluding carboxylic acids is 2. The summed E-state index contributed by atoms with van der Waals surface area (Å²) in [5.74, 6) is 3.24. The van der Waals surface area contributed by atoms with Crippen molar-refractivity contribution in [3.05, 3.63) is 11.1 Å². The maximum Gasteiger partial charge on any atom is 0.136 e. The second kappa shape index (κ2) is 7.84. The van der Waals surface area contributed by atoms with Gasteiger partial charge >= 0.3 is 0 Å². The first-order valence-electron chi connectivity index (χ1n) is 13.2. The van der Waals surface area contributed by atoms with Crippen LogP contribution in [0.25, 0.3) is 0 Å². The van der Waals surface area contributed by atoms with Gasteiger partial charge < -0.3 is 0 Å². The maximum atomic E-state index is 12.5. The van der Waals surface area contributed by atoms with Gasteiger partial charge in [-0.05, 0) is 85.4 Å². The molecule has 0 amide bonds. The van der Waals surface area contributed by atoms with E-state index in [9.17, 15) is 9.59 Å². The molecule has 0 radical (unpaired) electrons. The van der Waals surface area contributed by atoms with E-state index in [4.69, 9.17) is 0 Å². The minimum atomic E-state index is 0.166. The maximum absolute atomic E-state index is 12.5. The van der Waals surface area contributed by atoms with Gasteiger partial charge in [0.15, 0.2) is 0 Å². The van der Waals surface area contributed by atoms with Crippen LogP contribution in [0.3, 0.4) is 0 Å². The Labute approximate surface area is 191 Å². The first-order chi connectivity index (χ1) is 14.5. The van der Waals surface area contributed by atoms with Crippen LogP contribution in [-0.4, -0.2) is 11.6 Å². The van der Waals surface area contributed by atoms with Gasteiger partial charge in [0.2, 0.25) is 0 Å². The Balaban J connectivity index is 1.61. The van der Waals surface area contributed by atoms with Crippen LogP contribution in [-0.2, 0) is 9.59 Å². The second-order valence-electron chi connectivity index (χ2n) is 12.8. The third-order valence-electron chi connectivity index (χ3n) is 11.4. The molecule has 0 saturated heterocycles. The van der Waals surface area contributed by atoms with E-state index in [1.165, 1.54) is 38.5 Å². The molecule has 0 heterocycles. The molecule has 0 aromatic heterocycles. The Kier molecular flexibility index (Phi) is 5.88. The summed E-state index contributed by atoms with van der Waals surface area (Å²) in [6.07, 6.45) is 11.2. The van der Waals surface area contributed by atoms with E-state index in [2.05, 4.69) is 34.6 Å². The van der Waals surface area contributed by atoms with Crippen LogP contribution in [0.1, 0.15) is 113 Å². The van der Waals surface area contributed by atoms with E-state index < -0.39 is 0 Å². The lowest BCUT2D eigenvalue weighted by Crippen LogP contribution is -2.50. The number of allylic oxidation sites excluding steroid dienone is 2. The van der Waals surface area contributed by atoms with Crippen molar-refractivity contribution in [2.24, 2.45) is 45.8 Å². The van der Waals surface area contributed by atoms with E-state index >= 15 is 0 Å². The Hall–Kier alpha value is -0.920. The van der Waals surface area contributed by atoms with Crippen LogP contribution >= 0.6 is 0 Å². The predicted octanol–water partition coefficient (Wildman–Crippen LogP) is 7.56. The van der Waals surface area contributed by atoms with Crippen molar-refractivity contribution >= 4 is 11.6 Å². The van der Waals surface area contributed by atoms with Gasteiger partial charge in [0, 0.05) is 24.7 Å². The van der Waals surface area contributed by atoms with Gasteiger partial charge in [-0.25, -0.2) is 0 Å². The Morgan fingerprint density at radius 1 is 0.968 bits per heavy atom. The summed E-state index contributed by atoms with van der Waals surface area (Å²) in [6, 6.07) is 0. The van der Waals surface area contributed by atoms with Crippen molar-refractivity contribution < 1.29 is 9.59 Å². The molecule has 0 aromatic carbocycles. The number of carbonyl (C=O) groups is 2. The molecule has 4 aliphatic carbocycles. The molecule has 0 aliphatic heterocycles. The molecule has 31 heavy (non-hydrogen) atoms. The number of Topliss-reactive ketones (excluding diaryl/α,β-unsaturated/α-hetero) is 2. The molecule has 4 rings (SSSR count). The molecule has 0 aromatic rings. The number of ketones is 2. The first kappa shape index (κ1) is 23.2. The average molecular weight is 427 g/mol. The van der Waals surface area contributed by atoms with Gasteiger partial charge in [0.25, 0.3) is 0 Å². The van der Waals surface area contributed by atoms with Crippen molar-refractivity contribution in [1.29, 1.82) is 0 Å². The summed E-state index contributed by atoms with van der Waals surface area (Å²) < 4.78 is 0. The zero-order valence-electron chi connectivity index (χ0n) is 21.3. The molecular formula is C29H46O2. The summed E-state index contributed by atoms with van der Waals surface area (Å²) >= 11 is 0. The molecule has 0 N–H and O–H groups in total. The number of rotatable bonds is 5. The smallest absolute Gasteiger partial charge is 0.136 e. The summed E-state index contributed by atoms with van der Waals surface area (Å²) in [5.41, 5.74) is 4.48. The highest BCUT2D eigenvalue weighted by atomic mass is 16.1. The molecule has 2 fully saturated rings. The van der Waals surface area contributed by atoms with Crippen LogP contribution in [0.4, 0.5) is 0 Å². The van der Waals surface area contributed by atoms with Crippen LogP contribution in [0.5, 0.6) is 0 Å². The highest BCUT2D eigenvalue weighted by Gasteiger charge is 2.62. The lowest BCUT2D eigenvalue weighted by molar-refractivity contribution is -0.130. The molecule has 0 unspecified atom stereocenters. The molecule has 2 heteroatoms. The van der Waals surface area contributed by atoms with Crippen LogP contribution in [0.15, 0.2) is 11.1 Å². The second-order valence-corrected chi connectivity index (χ2v) is 12.8. The van der Waals surface area contributed by atoms with E-state index in [1.807, 2.05) is 13.8 Å². The first-order valence-corrected chi connectivity index (χ1v) is 13.2. The highest BCUT2D eigenvalue weighted by Crippen LogP contribution is 2.71. The predicted molar refractivity (Wildman–Crippen MR) is 128 cm³/mol. The van der Waals surface area contributed by atoms with Gasteiger partial charge in [0.1, 0.15) is 11.6 Å². The minimum Gasteiger partial charge on any atom is -0.299 e. The van der Waals surface area contributed by atoms with E-state index in [0.29, 0.717) is 34.2 Å². The summed E-state index contributed by atoms with van der Waals surface area (Å²) in [6.45, 7) is 16.4. The number of fused-ring (bicyclic) bond motifs is 4. The van der Waals surface area contributed by atoms with Gasteiger partial charge in [-0.3, -0.25) is 9.59 Å². The van der Waals surface area contributed by atoms with Crippen molar-refractivity contribution in [3.8, 4) is 0 Å². The molecule has 7 atom stereocenters. The van der Waals surface area contributed by atoms with Crippen LogP contribution in [0, 0.1) is 45.8 Å². The zero-order valence-corrected chi connectivity index (χ0v) is 21.3. The topological polar surface area (TPSA) is 34.1 Å². The SMILES string of the molecule is CC(C)C(=O)CC[C@@H](C)[C@H]1CC[C@@]2(C)C3=C(CC[C@]12C)[C@@]1(C)CCC(=O)[C@@H](C)[C@@H]1CC3. The van der Waals surface area contributed by atoms with Gasteiger partial charge in [-0.15, -0.1) is 0 Å². The van der Waals surface area contributed by atoms with Crippen molar-refractivity contribution in [1.82, 2.24) is 0 Å². The van der Waals surface area contributed by atoms with Gasteiger partial charge in [-0.2, -0.15) is 0 Å². The lowest BCUT2D eigenvalue weighted by atomic mass is 9.45. The van der Waals surface area contributed by atoms with Crippen LogP contribution < -0.4 is 0 Å². The Bertz CT molecular complexity index is 791. The average Bonchev–Trinajstić information content (AvgIpc) is 3.00. The molecule has 2 saturated carbocycles. The molecule has 174 valence electrons. The standard InChI is InChI=1S/C29H46O2/c1-18(2)25(30)11-8-19(3)21-12-16-29(7)24-10-9-22-20(4)26(31)14-15-27(22,5)23(24)13-17-28(21,29)6/h18-22H,8-17H2,1-7H3/t19-,20+,21-,22+,27+,28-,29+/m1/s1. The number of hydrogen-bond acceptors (Lipinski definition) is 2. The Morgan fingerprint density at radius 2 is 1.68 bits per heavy atom. The van der Waals surface area contributed by atoms with E-state index in [0.717, 1.165) is 31.6 Å². The third-order valence-corrected chi connectivity index (χ3v) is 11.4. The van der Waals surface area contributed by atoms with Crippen LogP contribution in [0.2, 0.25) is 0 Å². The fourth-order valence-electron chi connectivity index (χ4n) is 8.93. The lowest BCUT2D eigenvalue weighted by Gasteiger charge is -2.59. The summed E-state index contributed by atoms with van der Waals surface area (Å²) in [7, 11) is 0. The molecular weight excluding hydrogens is 380 g/mol. The summed E-state index contributed by atoms with van der Waals surface area (Å²) in [4.78, 5) is 24.7. The van der Waals surface area contributed by atoms with Crippen molar-refractivity contribution in [2.45, 2.75) is 113 Å². The monoisotopic (exact) mass is 426 g/mol. The largest absolute Gasteiger partial charge is 0.299 e. The van der Waals surface area contributed by atoms with Crippen molar-refractivity contribution in [3.63, 3.8) is 0 Å². The summed E-state index contributed by atoms with van der Waals surface area (Å²) in [5, 5.41) is 0. The molecule has 4 aliphatic rings. The molecule has 0 bridgehead atoms. The quantitative estimate of drug-likeness (QED) is 0.425. The zero-order chi connectivity index (χ0) is 22.8. The minimum absolute atomic E-state index is 0.166. The molecule has 0 spiro atoms. The van der Waals surface area contributed by atoms with Crippen molar-refractivity contribution in [2.75, 3.05) is 0 Å². The molecule has 2 nitrogen and oxygen atoms in total. The van der Waals surface area contributed by atoms with E-state index in [-0.39, 0.29) is 17.3 Å². The fourth-order valence-corrected chi connectivity index (χ4v) is 8.93. The fraction of sp³-hybridized carbons (Fsp3) is 0.862.